The molecule has 0 radical (unpaired) electrons. The second-order valence-electron chi connectivity index (χ2n) is 4.10. The summed E-state index contributed by atoms with van der Waals surface area (Å²) in [5, 5.41) is 13.1. The molecule has 0 aliphatic heterocycles. The molecule has 0 aromatic heterocycles. The molecule has 1 aromatic rings. The van der Waals surface area contributed by atoms with E-state index < -0.39 is 6.10 Å². The number of nitrogens with one attached hydrogen (secondary N) is 1. The smallest absolute Gasteiger partial charge is 0.119 e. The van der Waals surface area contributed by atoms with Crippen LogP contribution in [-0.4, -0.2) is 52.2 Å². The van der Waals surface area contributed by atoms with Gasteiger partial charge in [0, 0.05) is 20.2 Å². The van der Waals surface area contributed by atoms with E-state index in [9.17, 15) is 5.11 Å². The summed E-state index contributed by atoms with van der Waals surface area (Å²) in [7, 11) is 3.26. The summed E-state index contributed by atoms with van der Waals surface area (Å²) in [4.78, 5) is 0. The van der Waals surface area contributed by atoms with Gasteiger partial charge in [0.15, 0.2) is 0 Å². The first-order valence-corrected chi connectivity index (χ1v) is 6.37. The van der Waals surface area contributed by atoms with Crippen LogP contribution in [0.25, 0.3) is 0 Å². The Hall–Kier alpha value is -1.14. The Balaban J connectivity index is 2.18. The van der Waals surface area contributed by atoms with E-state index in [0.717, 1.165) is 11.3 Å². The Bertz CT molecular complexity index is 346. The SMILES string of the molecule is COCCOCCNCC(O)c1cccc(OC)c1. The molecule has 0 fully saturated rings. The Morgan fingerprint density at radius 2 is 2.05 bits per heavy atom. The molecule has 1 atom stereocenters. The van der Waals surface area contributed by atoms with Crippen LogP contribution in [0, 0.1) is 0 Å². The monoisotopic (exact) mass is 269 g/mol. The first kappa shape index (κ1) is 15.9. The zero-order valence-electron chi connectivity index (χ0n) is 11.6. The fourth-order valence-corrected chi connectivity index (χ4v) is 1.59. The molecule has 1 aromatic carbocycles. The van der Waals surface area contributed by atoms with E-state index in [4.69, 9.17) is 14.2 Å². The first-order chi connectivity index (χ1) is 9.27. The van der Waals surface area contributed by atoms with Gasteiger partial charge in [-0.25, -0.2) is 0 Å². The van der Waals surface area contributed by atoms with Crippen molar-refractivity contribution in [2.45, 2.75) is 6.10 Å². The summed E-state index contributed by atoms with van der Waals surface area (Å²) < 4.78 is 15.3. The molecule has 0 amide bonds. The molecular formula is C14H23NO4. The molecule has 0 saturated heterocycles. The van der Waals surface area contributed by atoms with Crippen molar-refractivity contribution in [3.63, 3.8) is 0 Å². The molecule has 0 bridgehead atoms. The van der Waals surface area contributed by atoms with E-state index >= 15 is 0 Å². The Morgan fingerprint density at radius 1 is 1.21 bits per heavy atom. The maximum Gasteiger partial charge on any atom is 0.119 e. The number of ether oxygens (including phenoxy) is 3. The normalized spacial score (nSPS) is 12.4. The van der Waals surface area contributed by atoms with Crippen LogP contribution in [0.15, 0.2) is 24.3 Å². The highest BCUT2D eigenvalue weighted by Gasteiger charge is 2.07. The average molecular weight is 269 g/mol. The second-order valence-corrected chi connectivity index (χ2v) is 4.10. The van der Waals surface area contributed by atoms with E-state index in [0.29, 0.717) is 32.9 Å². The largest absolute Gasteiger partial charge is 0.497 e. The minimum absolute atomic E-state index is 0.487. The Morgan fingerprint density at radius 3 is 2.79 bits per heavy atom. The van der Waals surface area contributed by atoms with Crippen molar-refractivity contribution >= 4 is 0 Å². The van der Waals surface area contributed by atoms with Gasteiger partial charge in [0.05, 0.1) is 33.0 Å². The van der Waals surface area contributed by atoms with E-state index in [1.165, 1.54) is 0 Å². The third-order valence-corrected chi connectivity index (χ3v) is 2.67. The van der Waals surface area contributed by atoms with Gasteiger partial charge in [-0.05, 0) is 17.7 Å². The van der Waals surface area contributed by atoms with Crippen molar-refractivity contribution in [2.75, 3.05) is 47.1 Å². The zero-order valence-corrected chi connectivity index (χ0v) is 11.6. The van der Waals surface area contributed by atoms with Gasteiger partial charge < -0.3 is 24.6 Å². The van der Waals surface area contributed by atoms with Crippen LogP contribution in [0.1, 0.15) is 11.7 Å². The molecule has 1 rings (SSSR count). The Kier molecular flexibility index (Phi) is 8.16. The van der Waals surface area contributed by atoms with Gasteiger partial charge in [0.25, 0.3) is 0 Å². The molecule has 5 heteroatoms. The van der Waals surface area contributed by atoms with E-state index in [-0.39, 0.29) is 0 Å². The highest BCUT2D eigenvalue weighted by Crippen LogP contribution is 2.18. The van der Waals surface area contributed by atoms with E-state index in [2.05, 4.69) is 5.32 Å². The maximum atomic E-state index is 10.0. The fourth-order valence-electron chi connectivity index (χ4n) is 1.59. The van der Waals surface area contributed by atoms with E-state index in [1.807, 2.05) is 24.3 Å². The molecule has 19 heavy (non-hydrogen) atoms. The number of hydrogen-bond acceptors (Lipinski definition) is 5. The van der Waals surface area contributed by atoms with Gasteiger partial charge in [-0.1, -0.05) is 12.1 Å². The van der Waals surface area contributed by atoms with Crippen LogP contribution in [0.3, 0.4) is 0 Å². The lowest BCUT2D eigenvalue weighted by atomic mass is 10.1. The van der Waals surface area contributed by atoms with Gasteiger partial charge in [0.2, 0.25) is 0 Å². The molecule has 0 aliphatic rings. The van der Waals surface area contributed by atoms with Gasteiger partial charge >= 0.3 is 0 Å². The summed E-state index contributed by atoms with van der Waals surface area (Å²) in [5.41, 5.74) is 0.840. The molecule has 0 aliphatic carbocycles. The standard InChI is InChI=1S/C14H23NO4/c1-17-8-9-19-7-6-15-11-14(16)12-4-3-5-13(10-12)18-2/h3-5,10,14-16H,6-9,11H2,1-2H3. The van der Waals surface area contributed by atoms with Gasteiger partial charge in [-0.2, -0.15) is 0 Å². The van der Waals surface area contributed by atoms with Gasteiger partial charge in [-0.3, -0.25) is 0 Å². The molecule has 108 valence electrons. The van der Waals surface area contributed by atoms with Gasteiger partial charge in [-0.15, -0.1) is 0 Å². The van der Waals surface area contributed by atoms with Crippen LogP contribution in [0.2, 0.25) is 0 Å². The summed E-state index contributed by atoms with van der Waals surface area (Å²) in [6.45, 7) is 2.99. The van der Waals surface area contributed by atoms with Crippen LogP contribution < -0.4 is 10.1 Å². The van der Waals surface area contributed by atoms with Crippen LogP contribution >= 0.6 is 0 Å². The van der Waals surface area contributed by atoms with Crippen molar-refractivity contribution in [2.24, 2.45) is 0 Å². The average Bonchev–Trinajstić information content (AvgIpc) is 2.46. The first-order valence-electron chi connectivity index (χ1n) is 6.37. The molecule has 2 N–H and O–H groups in total. The molecule has 1 unspecified atom stereocenters. The Labute approximate surface area is 114 Å². The van der Waals surface area contributed by atoms with Crippen molar-refractivity contribution in [3.8, 4) is 5.75 Å². The lowest BCUT2D eigenvalue weighted by Gasteiger charge is -2.13. The molecule has 5 nitrogen and oxygen atoms in total. The number of rotatable bonds is 10. The number of hydrogen-bond donors (Lipinski definition) is 2. The maximum absolute atomic E-state index is 10.0. The van der Waals surface area contributed by atoms with Crippen molar-refractivity contribution in [3.05, 3.63) is 29.8 Å². The van der Waals surface area contributed by atoms with Crippen LogP contribution in [0.5, 0.6) is 5.75 Å². The number of aliphatic hydroxyl groups is 1. The number of benzene rings is 1. The minimum atomic E-state index is -0.547. The topological polar surface area (TPSA) is 60.0 Å². The quantitative estimate of drug-likeness (QED) is 0.620. The molecule has 0 heterocycles. The number of methoxy groups -OCH3 is 2. The van der Waals surface area contributed by atoms with Gasteiger partial charge in [0.1, 0.15) is 5.75 Å². The highest BCUT2D eigenvalue weighted by molar-refractivity contribution is 5.29. The third kappa shape index (κ3) is 6.54. The minimum Gasteiger partial charge on any atom is -0.497 e. The van der Waals surface area contributed by atoms with Crippen molar-refractivity contribution in [1.29, 1.82) is 0 Å². The second kappa shape index (κ2) is 9.75. The summed E-state index contributed by atoms with van der Waals surface area (Å²) >= 11 is 0. The zero-order chi connectivity index (χ0) is 13.9. The lowest BCUT2D eigenvalue weighted by Crippen LogP contribution is -2.25. The number of aliphatic hydroxyl groups excluding tert-OH is 1. The summed E-state index contributed by atoms with van der Waals surface area (Å²) in [6, 6.07) is 7.43. The predicted molar refractivity (Wildman–Crippen MR) is 73.5 cm³/mol. The van der Waals surface area contributed by atoms with Crippen LogP contribution in [0.4, 0.5) is 0 Å². The summed E-state index contributed by atoms with van der Waals surface area (Å²) in [5.74, 6) is 0.749. The molecule has 0 saturated carbocycles. The third-order valence-electron chi connectivity index (χ3n) is 2.67. The van der Waals surface area contributed by atoms with E-state index in [1.54, 1.807) is 14.2 Å². The van der Waals surface area contributed by atoms with Crippen LogP contribution in [-0.2, 0) is 9.47 Å². The molecular weight excluding hydrogens is 246 g/mol. The fraction of sp³-hybridized carbons (Fsp3) is 0.571. The summed E-state index contributed by atoms with van der Waals surface area (Å²) in [6.07, 6.45) is -0.547. The van der Waals surface area contributed by atoms with Crippen molar-refractivity contribution < 1.29 is 19.3 Å². The predicted octanol–water partition coefficient (Wildman–Crippen LogP) is 0.981. The lowest BCUT2D eigenvalue weighted by molar-refractivity contribution is 0.0703. The van der Waals surface area contributed by atoms with Crippen molar-refractivity contribution in [1.82, 2.24) is 5.32 Å². The highest BCUT2D eigenvalue weighted by atomic mass is 16.5. The molecule has 0 spiro atoms.